The van der Waals surface area contributed by atoms with Gasteiger partial charge in [-0.1, -0.05) is 41.9 Å². The normalized spacial score (nSPS) is 11.7. The predicted octanol–water partition coefficient (Wildman–Crippen LogP) is 3.38. The zero-order chi connectivity index (χ0) is 17.2. The molecular formula is C15H15ClN2O4S. The van der Waals surface area contributed by atoms with Crippen LogP contribution in [-0.2, 0) is 16.6 Å². The molecule has 0 saturated carbocycles. The number of nitro groups is 1. The van der Waals surface area contributed by atoms with Gasteiger partial charge in [0.05, 0.1) is 14.8 Å². The standard InChI is InChI=1S/C15H15ClN2O4S/c1-11-14(16)8-13(9-15(11)18(19)20)23(21,22)17(2)10-12-6-4-3-5-7-12/h3-9H,10H2,1-2H3. The molecule has 0 aliphatic rings. The molecule has 0 amide bonds. The van der Waals surface area contributed by atoms with Crippen LogP contribution in [0.1, 0.15) is 11.1 Å². The summed E-state index contributed by atoms with van der Waals surface area (Å²) in [5.74, 6) is 0. The third-order valence-corrected chi connectivity index (χ3v) is 5.62. The fourth-order valence-electron chi connectivity index (χ4n) is 2.08. The third kappa shape index (κ3) is 3.69. The number of sulfonamides is 1. The molecule has 0 fully saturated rings. The molecule has 2 aromatic carbocycles. The number of rotatable bonds is 5. The zero-order valence-electron chi connectivity index (χ0n) is 12.6. The van der Waals surface area contributed by atoms with Crippen molar-refractivity contribution in [3.8, 4) is 0 Å². The van der Waals surface area contributed by atoms with E-state index in [9.17, 15) is 18.5 Å². The smallest absolute Gasteiger partial charge is 0.258 e. The van der Waals surface area contributed by atoms with Crippen LogP contribution < -0.4 is 0 Å². The summed E-state index contributed by atoms with van der Waals surface area (Å²) in [7, 11) is -2.47. The molecule has 8 heteroatoms. The Balaban J connectivity index is 2.41. The van der Waals surface area contributed by atoms with E-state index in [0.29, 0.717) is 0 Å². The van der Waals surface area contributed by atoms with Gasteiger partial charge in [-0.15, -0.1) is 0 Å². The highest BCUT2D eigenvalue weighted by Gasteiger charge is 2.26. The Hall–Kier alpha value is -1.96. The van der Waals surface area contributed by atoms with Gasteiger partial charge in [0.1, 0.15) is 0 Å². The van der Waals surface area contributed by atoms with Crippen LogP contribution in [-0.4, -0.2) is 24.7 Å². The highest BCUT2D eigenvalue weighted by Crippen LogP contribution is 2.30. The molecule has 2 aromatic rings. The molecule has 0 atom stereocenters. The van der Waals surface area contributed by atoms with E-state index < -0.39 is 14.9 Å². The average Bonchev–Trinajstić information content (AvgIpc) is 2.50. The van der Waals surface area contributed by atoms with Crippen LogP contribution in [0.3, 0.4) is 0 Å². The average molecular weight is 355 g/mol. The van der Waals surface area contributed by atoms with Crippen molar-refractivity contribution in [2.45, 2.75) is 18.4 Å². The van der Waals surface area contributed by atoms with Crippen molar-refractivity contribution >= 4 is 27.3 Å². The van der Waals surface area contributed by atoms with Crippen LogP contribution >= 0.6 is 11.6 Å². The van der Waals surface area contributed by atoms with Gasteiger partial charge in [0.15, 0.2) is 0 Å². The lowest BCUT2D eigenvalue weighted by Crippen LogP contribution is -2.26. The summed E-state index contributed by atoms with van der Waals surface area (Å²) < 4.78 is 26.4. The maximum absolute atomic E-state index is 12.6. The lowest BCUT2D eigenvalue weighted by Gasteiger charge is -2.17. The van der Waals surface area contributed by atoms with Crippen LogP contribution in [0.25, 0.3) is 0 Å². The summed E-state index contributed by atoms with van der Waals surface area (Å²) in [6.07, 6.45) is 0. The maximum atomic E-state index is 12.6. The lowest BCUT2D eigenvalue weighted by atomic mass is 10.2. The quantitative estimate of drug-likeness (QED) is 0.609. The van der Waals surface area contributed by atoms with Gasteiger partial charge in [0.2, 0.25) is 10.0 Å². The van der Waals surface area contributed by atoms with Crippen LogP contribution in [0.2, 0.25) is 5.02 Å². The molecule has 0 N–H and O–H groups in total. The Labute approximate surface area is 139 Å². The fraction of sp³-hybridized carbons (Fsp3) is 0.200. The summed E-state index contributed by atoms with van der Waals surface area (Å²) in [4.78, 5) is 10.2. The van der Waals surface area contributed by atoms with Gasteiger partial charge in [-0.05, 0) is 18.6 Å². The van der Waals surface area contributed by atoms with Gasteiger partial charge in [-0.3, -0.25) is 10.1 Å². The highest BCUT2D eigenvalue weighted by atomic mass is 35.5. The first-order valence-corrected chi connectivity index (χ1v) is 8.50. The Morgan fingerprint density at radius 2 is 1.83 bits per heavy atom. The number of halogens is 1. The van der Waals surface area contributed by atoms with Crippen molar-refractivity contribution in [1.82, 2.24) is 4.31 Å². The molecular weight excluding hydrogens is 340 g/mol. The lowest BCUT2D eigenvalue weighted by molar-refractivity contribution is -0.385. The Bertz CT molecular complexity index is 838. The van der Waals surface area contributed by atoms with Crippen molar-refractivity contribution < 1.29 is 13.3 Å². The summed E-state index contributed by atoms with van der Waals surface area (Å²) in [5, 5.41) is 11.1. The molecule has 6 nitrogen and oxygen atoms in total. The van der Waals surface area contributed by atoms with Gasteiger partial charge in [-0.2, -0.15) is 4.31 Å². The molecule has 0 spiro atoms. The fourth-order valence-corrected chi connectivity index (χ4v) is 3.57. The summed E-state index contributed by atoms with van der Waals surface area (Å²) in [6.45, 7) is 1.63. The van der Waals surface area contributed by atoms with Gasteiger partial charge in [-0.25, -0.2) is 8.42 Å². The SMILES string of the molecule is Cc1c(Cl)cc(S(=O)(=O)N(C)Cc2ccccc2)cc1[N+](=O)[O-]. The van der Waals surface area contributed by atoms with Crippen LogP contribution in [0, 0.1) is 17.0 Å². The second-order valence-corrected chi connectivity index (χ2v) is 7.51. The van der Waals surface area contributed by atoms with Crippen molar-refractivity contribution in [3.63, 3.8) is 0 Å². The first-order valence-electron chi connectivity index (χ1n) is 6.68. The first kappa shape index (κ1) is 17.4. The van der Waals surface area contributed by atoms with Crippen molar-refractivity contribution in [2.75, 3.05) is 7.05 Å². The van der Waals surface area contributed by atoms with E-state index in [1.165, 1.54) is 20.0 Å². The van der Waals surface area contributed by atoms with Crippen molar-refractivity contribution in [2.24, 2.45) is 0 Å². The highest BCUT2D eigenvalue weighted by molar-refractivity contribution is 7.89. The molecule has 0 radical (unpaired) electrons. The summed E-state index contributed by atoms with van der Waals surface area (Å²) >= 11 is 5.95. The monoisotopic (exact) mass is 354 g/mol. The zero-order valence-corrected chi connectivity index (χ0v) is 14.1. The minimum Gasteiger partial charge on any atom is -0.258 e. The van der Waals surface area contributed by atoms with Crippen molar-refractivity contribution in [1.29, 1.82) is 0 Å². The third-order valence-electron chi connectivity index (χ3n) is 3.44. The van der Waals surface area contributed by atoms with E-state index >= 15 is 0 Å². The molecule has 0 aromatic heterocycles. The Morgan fingerprint density at radius 3 is 2.39 bits per heavy atom. The summed E-state index contributed by atoms with van der Waals surface area (Å²) in [5.41, 5.74) is 0.733. The second-order valence-electron chi connectivity index (χ2n) is 5.05. The molecule has 0 heterocycles. The second kappa shape index (κ2) is 6.66. The minimum atomic E-state index is -3.89. The maximum Gasteiger partial charge on any atom is 0.275 e. The first-order chi connectivity index (χ1) is 10.7. The Kier molecular flexibility index (Phi) is 5.03. The molecule has 0 aliphatic heterocycles. The predicted molar refractivity (Wildman–Crippen MR) is 87.9 cm³/mol. The Morgan fingerprint density at radius 1 is 1.22 bits per heavy atom. The van der Waals surface area contributed by atoms with E-state index in [4.69, 9.17) is 11.6 Å². The van der Waals surface area contributed by atoms with Crippen molar-refractivity contribution in [3.05, 3.63) is 68.7 Å². The summed E-state index contributed by atoms with van der Waals surface area (Å²) in [6, 6.07) is 11.3. The number of nitro benzene ring substituents is 1. The van der Waals surface area contributed by atoms with Gasteiger partial charge >= 0.3 is 0 Å². The van der Waals surface area contributed by atoms with E-state index in [1.807, 2.05) is 18.2 Å². The van der Waals surface area contributed by atoms with Crippen LogP contribution in [0.4, 0.5) is 5.69 Å². The van der Waals surface area contributed by atoms with Gasteiger partial charge in [0, 0.05) is 25.2 Å². The number of hydrogen-bond acceptors (Lipinski definition) is 4. The number of hydrogen-bond donors (Lipinski definition) is 0. The van der Waals surface area contributed by atoms with Gasteiger partial charge < -0.3 is 0 Å². The minimum absolute atomic E-state index is 0.0471. The van der Waals surface area contributed by atoms with E-state index in [1.54, 1.807) is 12.1 Å². The number of benzene rings is 2. The van der Waals surface area contributed by atoms with Crippen LogP contribution in [0.15, 0.2) is 47.4 Å². The number of nitrogens with zero attached hydrogens (tertiary/aromatic N) is 2. The van der Waals surface area contributed by atoms with E-state index in [-0.39, 0.29) is 27.7 Å². The molecule has 2 rings (SSSR count). The molecule has 0 unspecified atom stereocenters. The molecule has 0 bridgehead atoms. The molecule has 0 saturated heterocycles. The van der Waals surface area contributed by atoms with E-state index in [2.05, 4.69) is 0 Å². The topological polar surface area (TPSA) is 80.5 Å². The van der Waals surface area contributed by atoms with Gasteiger partial charge in [0.25, 0.3) is 5.69 Å². The molecule has 122 valence electrons. The molecule has 0 aliphatic carbocycles. The van der Waals surface area contributed by atoms with E-state index in [0.717, 1.165) is 15.9 Å². The van der Waals surface area contributed by atoms with Crippen LogP contribution in [0.5, 0.6) is 0 Å². The largest absolute Gasteiger partial charge is 0.275 e. The molecule has 23 heavy (non-hydrogen) atoms.